The Bertz CT molecular complexity index is 332. The lowest BCUT2D eigenvalue weighted by molar-refractivity contribution is -0.147. The molecule has 1 saturated carbocycles. The van der Waals surface area contributed by atoms with E-state index < -0.39 is 10.8 Å². The lowest BCUT2D eigenvalue weighted by Gasteiger charge is -2.39. The maximum absolute atomic E-state index is 11.7. The van der Waals surface area contributed by atoms with Gasteiger partial charge in [0.2, 0.25) is 5.91 Å². The van der Waals surface area contributed by atoms with E-state index in [1.54, 1.807) is 6.92 Å². The van der Waals surface area contributed by atoms with Crippen LogP contribution in [0.25, 0.3) is 0 Å². The summed E-state index contributed by atoms with van der Waals surface area (Å²) in [6.07, 6.45) is 2.15. The van der Waals surface area contributed by atoms with E-state index in [0.29, 0.717) is 12.8 Å². The minimum atomic E-state index is -0.852. The number of nitrogens with zero attached hydrogens (tertiary/aromatic N) is 1. The third-order valence-corrected chi connectivity index (χ3v) is 3.10. The summed E-state index contributed by atoms with van der Waals surface area (Å²) in [4.78, 5) is 27.1. The smallest absolute Gasteiger partial charge is 0.263 e. The number of amidine groups is 1. The van der Waals surface area contributed by atoms with Crippen molar-refractivity contribution in [1.29, 1.82) is 0 Å². The maximum Gasteiger partial charge on any atom is 0.263 e. The van der Waals surface area contributed by atoms with E-state index in [-0.39, 0.29) is 17.6 Å². The third-order valence-electron chi connectivity index (χ3n) is 2.89. The number of amides is 2. The molecule has 2 rings (SSSR count). The van der Waals surface area contributed by atoms with Gasteiger partial charge in [-0.05, 0) is 19.8 Å². The molecular weight excluding hydrogens is 204 g/mol. The molecule has 0 bridgehead atoms. The van der Waals surface area contributed by atoms with Crippen LogP contribution in [0.2, 0.25) is 0 Å². The predicted molar refractivity (Wildman–Crippen MR) is 52.2 cm³/mol. The number of carbonyl (C=O) groups excluding carboxylic acids is 2. The van der Waals surface area contributed by atoms with Crippen molar-refractivity contribution < 1.29 is 9.59 Å². The van der Waals surface area contributed by atoms with E-state index in [1.165, 1.54) is 0 Å². The largest absolute Gasteiger partial charge is 0.312 e. The van der Waals surface area contributed by atoms with Gasteiger partial charge in [-0.2, -0.15) is 4.99 Å². The Morgan fingerprint density at radius 1 is 1.50 bits per heavy atom. The molecule has 1 spiro atoms. The zero-order valence-corrected chi connectivity index (χ0v) is 8.60. The zero-order chi connectivity index (χ0) is 10.3. The number of rotatable bonds is 1. The van der Waals surface area contributed by atoms with Gasteiger partial charge in [0.1, 0.15) is 11.3 Å². The SMILES string of the molecule is CC(Cl)C1=NC(=O)C2(CCC2)C(=O)N1. The van der Waals surface area contributed by atoms with Gasteiger partial charge < -0.3 is 5.32 Å². The fourth-order valence-corrected chi connectivity index (χ4v) is 1.84. The van der Waals surface area contributed by atoms with Gasteiger partial charge in [0.15, 0.2) is 0 Å². The molecule has 0 aromatic carbocycles. The number of aliphatic imine (C=N–C) groups is 1. The van der Waals surface area contributed by atoms with Crippen molar-refractivity contribution >= 4 is 29.3 Å². The van der Waals surface area contributed by atoms with Crippen molar-refractivity contribution in [3.05, 3.63) is 0 Å². The first-order chi connectivity index (χ1) is 6.56. The van der Waals surface area contributed by atoms with Gasteiger partial charge in [-0.3, -0.25) is 9.59 Å². The van der Waals surface area contributed by atoms with Crippen molar-refractivity contribution in [2.45, 2.75) is 31.6 Å². The highest BCUT2D eigenvalue weighted by Crippen LogP contribution is 2.43. The topological polar surface area (TPSA) is 58.5 Å². The molecule has 1 fully saturated rings. The van der Waals surface area contributed by atoms with Crippen LogP contribution in [0.15, 0.2) is 4.99 Å². The standard InChI is InChI=1S/C9H11ClN2O2/c1-5(10)6-11-7(13)9(3-2-4-9)8(14)12-6/h5H,2-4H2,1H3,(H,11,12,13,14). The minimum Gasteiger partial charge on any atom is -0.312 e. The molecule has 0 aromatic heterocycles. The van der Waals surface area contributed by atoms with Gasteiger partial charge in [0, 0.05) is 0 Å². The van der Waals surface area contributed by atoms with E-state index in [9.17, 15) is 9.59 Å². The van der Waals surface area contributed by atoms with Crippen molar-refractivity contribution in [1.82, 2.24) is 5.32 Å². The predicted octanol–water partition coefficient (Wildman–Crippen LogP) is 0.839. The van der Waals surface area contributed by atoms with Crippen LogP contribution in [-0.2, 0) is 9.59 Å². The van der Waals surface area contributed by atoms with E-state index >= 15 is 0 Å². The Balaban J connectivity index is 2.30. The third kappa shape index (κ3) is 1.17. The van der Waals surface area contributed by atoms with Gasteiger partial charge in [-0.15, -0.1) is 11.6 Å². The average Bonchev–Trinajstić information content (AvgIpc) is 1.99. The number of carbonyl (C=O) groups is 2. The Morgan fingerprint density at radius 3 is 2.50 bits per heavy atom. The van der Waals surface area contributed by atoms with Gasteiger partial charge >= 0.3 is 0 Å². The van der Waals surface area contributed by atoms with Gasteiger partial charge in [-0.1, -0.05) is 6.42 Å². The van der Waals surface area contributed by atoms with Crippen LogP contribution in [0.3, 0.4) is 0 Å². The summed E-state index contributed by atoms with van der Waals surface area (Å²) in [5.41, 5.74) is -0.852. The Hall–Kier alpha value is -0.900. The first kappa shape index (κ1) is 9.65. The molecule has 1 atom stereocenters. The lowest BCUT2D eigenvalue weighted by atomic mass is 9.67. The minimum absolute atomic E-state index is 0.230. The summed E-state index contributed by atoms with van der Waals surface area (Å²) in [6, 6.07) is 0. The molecule has 0 saturated heterocycles. The fourth-order valence-electron chi connectivity index (χ4n) is 1.74. The van der Waals surface area contributed by atoms with Crippen LogP contribution in [0.1, 0.15) is 26.2 Å². The number of hydrogen-bond acceptors (Lipinski definition) is 2. The molecule has 76 valence electrons. The van der Waals surface area contributed by atoms with Gasteiger partial charge in [0.25, 0.3) is 5.91 Å². The quantitative estimate of drug-likeness (QED) is 0.520. The van der Waals surface area contributed by atoms with Crippen LogP contribution >= 0.6 is 11.6 Å². The Morgan fingerprint density at radius 2 is 2.14 bits per heavy atom. The highest BCUT2D eigenvalue weighted by molar-refractivity contribution is 6.35. The second kappa shape index (κ2) is 3.05. The molecule has 14 heavy (non-hydrogen) atoms. The molecule has 1 heterocycles. The summed E-state index contributed by atoms with van der Waals surface area (Å²) in [7, 11) is 0. The van der Waals surface area contributed by atoms with Gasteiger partial charge in [-0.25, -0.2) is 0 Å². The first-order valence-corrected chi connectivity index (χ1v) is 5.08. The van der Waals surface area contributed by atoms with Crippen molar-refractivity contribution in [2.24, 2.45) is 10.4 Å². The normalized spacial score (nSPS) is 26.6. The molecule has 1 aliphatic heterocycles. The summed E-state index contributed by atoms with van der Waals surface area (Å²) in [5.74, 6) is -0.277. The summed E-state index contributed by atoms with van der Waals surface area (Å²) in [5, 5.41) is 2.17. The number of alkyl halides is 1. The molecule has 1 aliphatic carbocycles. The molecule has 2 aliphatic rings. The first-order valence-electron chi connectivity index (χ1n) is 4.65. The van der Waals surface area contributed by atoms with Crippen LogP contribution < -0.4 is 5.32 Å². The highest BCUT2D eigenvalue weighted by Gasteiger charge is 2.53. The molecule has 1 unspecified atom stereocenters. The number of nitrogens with one attached hydrogen (secondary N) is 1. The molecule has 5 heteroatoms. The van der Waals surface area contributed by atoms with Crippen molar-refractivity contribution in [3.8, 4) is 0 Å². The van der Waals surface area contributed by atoms with E-state index in [2.05, 4.69) is 10.3 Å². The second-order valence-corrected chi connectivity index (χ2v) is 4.46. The number of hydrogen-bond donors (Lipinski definition) is 1. The Labute approximate surface area is 86.7 Å². The molecular formula is C9H11ClN2O2. The Kier molecular flexibility index (Phi) is 2.10. The zero-order valence-electron chi connectivity index (χ0n) is 7.84. The second-order valence-electron chi connectivity index (χ2n) is 3.81. The van der Waals surface area contributed by atoms with Crippen molar-refractivity contribution in [3.63, 3.8) is 0 Å². The van der Waals surface area contributed by atoms with Crippen LogP contribution in [0, 0.1) is 5.41 Å². The summed E-state index contributed by atoms with van der Waals surface area (Å²) in [6.45, 7) is 1.67. The van der Waals surface area contributed by atoms with Crippen LogP contribution in [-0.4, -0.2) is 23.0 Å². The molecule has 1 N–H and O–H groups in total. The maximum atomic E-state index is 11.7. The van der Waals surface area contributed by atoms with Crippen LogP contribution in [0.4, 0.5) is 0 Å². The van der Waals surface area contributed by atoms with E-state index in [0.717, 1.165) is 6.42 Å². The summed E-state index contributed by atoms with van der Waals surface area (Å²) >= 11 is 5.74. The molecule has 0 radical (unpaired) electrons. The average molecular weight is 215 g/mol. The number of halogens is 1. The van der Waals surface area contributed by atoms with E-state index in [1.807, 2.05) is 0 Å². The molecule has 2 amide bonds. The summed E-state index contributed by atoms with van der Waals surface area (Å²) < 4.78 is 0. The van der Waals surface area contributed by atoms with E-state index in [4.69, 9.17) is 11.6 Å². The molecule has 0 aromatic rings. The fraction of sp³-hybridized carbons (Fsp3) is 0.667. The van der Waals surface area contributed by atoms with Crippen molar-refractivity contribution in [2.75, 3.05) is 0 Å². The lowest BCUT2D eigenvalue weighted by Crippen LogP contribution is -2.57. The van der Waals surface area contributed by atoms with Gasteiger partial charge in [0.05, 0.1) is 5.38 Å². The highest BCUT2D eigenvalue weighted by atomic mass is 35.5. The van der Waals surface area contributed by atoms with Crippen LogP contribution in [0.5, 0.6) is 0 Å². The molecule has 4 nitrogen and oxygen atoms in total. The monoisotopic (exact) mass is 214 g/mol.